The molecule has 26 heavy (non-hydrogen) atoms. The number of hydrogen-bond donors (Lipinski definition) is 1. The van der Waals surface area contributed by atoms with Crippen LogP contribution in [-0.4, -0.2) is 43.7 Å². The number of carbonyl (C=O) groups excluding carboxylic acids is 1. The van der Waals surface area contributed by atoms with Crippen molar-refractivity contribution >= 4 is 18.4 Å². The Labute approximate surface area is 160 Å². The molecule has 6 heteroatoms. The van der Waals surface area contributed by atoms with Gasteiger partial charge in [0, 0.05) is 31.6 Å². The van der Waals surface area contributed by atoms with Gasteiger partial charge in [-0.2, -0.15) is 0 Å². The molecule has 0 aliphatic carbocycles. The topological polar surface area (TPSA) is 64.8 Å². The lowest BCUT2D eigenvalue weighted by atomic mass is 9.95. The zero-order valence-corrected chi connectivity index (χ0v) is 15.7. The van der Waals surface area contributed by atoms with Crippen molar-refractivity contribution in [2.75, 3.05) is 26.8 Å². The molecule has 1 fully saturated rings. The SMILES string of the molecule is COC(=O)COc1ccc(CN2C[C@@H](N)[C@H](c3ccccc3)C2)cc1.Cl. The van der Waals surface area contributed by atoms with E-state index in [0.717, 1.165) is 19.6 Å². The minimum atomic E-state index is -0.387. The summed E-state index contributed by atoms with van der Waals surface area (Å²) in [5.74, 6) is 0.653. The van der Waals surface area contributed by atoms with E-state index in [1.54, 1.807) is 0 Å². The molecule has 0 bridgehead atoms. The first kappa shape index (κ1) is 20.2. The van der Waals surface area contributed by atoms with Crippen LogP contribution in [-0.2, 0) is 16.1 Å². The normalized spacial score (nSPS) is 19.6. The van der Waals surface area contributed by atoms with Gasteiger partial charge in [-0.05, 0) is 23.3 Å². The van der Waals surface area contributed by atoms with Crippen molar-refractivity contribution in [3.05, 3.63) is 65.7 Å². The molecule has 0 radical (unpaired) electrons. The zero-order valence-electron chi connectivity index (χ0n) is 14.8. The van der Waals surface area contributed by atoms with E-state index in [-0.39, 0.29) is 31.0 Å². The summed E-state index contributed by atoms with van der Waals surface area (Å²) in [6.07, 6.45) is 0. The second-order valence-corrected chi connectivity index (χ2v) is 6.38. The second-order valence-electron chi connectivity index (χ2n) is 6.38. The van der Waals surface area contributed by atoms with Crippen LogP contribution in [0.3, 0.4) is 0 Å². The first-order valence-electron chi connectivity index (χ1n) is 8.47. The Morgan fingerprint density at radius 2 is 1.81 bits per heavy atom. The number of halogens is 1. The molecule has 3 rings (SSSR count). The summed E-state index contributed by atoms with van der Waals surface area (Å²) in [4.78, 5) is 13.5. The number of nitrogens with two attached hydrogens (primary N) is 1. The highest BCUT2D eigenvalue weighted by atomic mass is 35.5. The Morgan fingerprint density at radius 1 is 1.12 bits per heavy atom. The second kappa shape index (κ2) is 9.57. The predicted molar refractivity (Wildman–Crippen MR) is 104 cm³/mol. The lowest BCUT2D eigenvalue weighted by Crippen LogP contribution is -2.28. The fourth-order valence-electron chi connectivity index (χ4n) is 3.25. The van der Waals surface area contributed by atoms with E-state index in [9.17, 15) is 4.79 Å². The van der Waals surface area contributed by atoms with Crippen LogP contribution in [0.2, 0.25) is 0 Å². The van der Waals surface area contributed by atoms with E-state index in [1.165, 1.54) is 18.2 Å². The summed E-state index contributed by atoms with van der Waals surface area (Å²) < 4.78 is 9.93. The molecule has 1 aliphatic heterocycles. The monoisotopic (exact) mass is 376 g/mol. The van der Waals surface area contributed by atoms with Gasteiger partial charge in [-0.25, -0.2) is 4.79 Å². The Balaban J connectivity index is 0.00000243. The first-order chi connectivity index (χ1) is 12.2. The van der Waals surface area contributed by atoms with Crippen molar-refractivity contribution in [3.8, 4) is 5.75 Å². The largest absolute Gasteiger partial charge is 0.482 e. The van der Waals surface area contributed by atoms with Gasteiger partial charge >= 0.3 is 5.97 Å². The molecule has 0 amide bonds. The maximum Gasteiger partial charge on any atom is 0.343 e. The summed E-state index contributed by atoms with van der Waals surface area (Å²) >= 11 is 0. The molecule has 2 atom stereocenters. The molecule has 2 aromatic rings. The highest BCUT2D eigenvalue weighted by Crippen LogP contribution is 2.27. The van der Waals surface area contributed by atoms with E-state index in [4.69, 9.17) is 10.5 Å². The van der Waals surface area contributed by atoms with Crippen molar-refractivity contribution in [2.45, 2.75) is 18.5 Å². The van der Waals surface area contributed by atoms with Crippen LogP contribution in [0.4, 0.5) is 0 Å². The summed E-state index contributed by atoms with van der Waals surface area (Å²) in [5.41, 5.74) is 8.86. The first-order valence-corrected chi connectivity index (χ1v) is 8.47. The van der Waals surface area contributed by atoms with E-state index in [0.29, 0.717) is 11.7 Å². The molecule has 1 saturated heterocycles. The van der Waals surface area contributed by atoms with Crippen LogP contribution in [0.25, 0.3) is 0 Å². The van der Waals surface area contributed by atoms with Gasteiger partial charge in [0.1, 0.15) is 5.75 Å². The molecule has 2 N–H and O–H groups in total. The van der Waals surface area contributed by atoms with Crippen molar-refractivity contribution in [2.24, 2.45) is 5.73 Å². The Bertz CT molecular complexity index is 694. The van der Waals surface area contributed by atoms with Gasteiger partial charge in [-0.3, -0.25) is 4.90 Å². The smallest absolute Gasteiger partial charge is 0.343 e. The highest BCUT2D eigenvalue weighted by molar-refractivity contribution is 5.85. The number of rotatable bonds is 6. The molecule has 2 aromatic carbocycles. The third-order valence-corrected chi connectivity index (χ3v) is 4.58. The van der Waals surface area contributed by atoms with Gasteiger partial charge in [0.2, 0.25) is 0 Å². The van der Waals surface area contributed by atoms with Gasteiger partial charge in [0.05, 0.1) is 7.11 Å². The lowest BCUT2D eigenvalue weighted by Gasteiger charge is -2.16. The summed E-state index contributed by atoms with van der Waals surface area (Å²) in [6.45, 7) is 2.63. The zero-order chi connectivity index (χ0) is 17.6. The van der Waals surface area contributed by atoms with Crippen molar-refractivity contribution in [1.82, 2.24) is 4.90 Å². The van der Waals surface area contributed by atoms with E-state index >= 15 is 0 Å². The van der Waals surface area contributed by atoms with Gasteiger partial charge in [0.15, 0.2) is 6.61 Å². The van der Waals surface area contributed by atoms with Crippen LogP contribution in [0, 0.1) is 0 Å². The lowest BCUT2D eigenvalue weighted by molar-refractivity contribution is -0.142. The molecule has 0 aromatic heterocycles. The van der Waals surface area contributed by atoms with Gasteiger partial charge in [0.25, 0.3) is 0 Å². The summed E-state index contributed by atoms with van der Waals surface area (Å²) in [5, 5.41) is 0. The molecule has 1 heterocycles. The van der Waals surface area contributed by atoms with E-state index < -0.39 is 0 Å². The molecule has 1 aliphatic rings. The van der Waals surface area contributed by atoms with E-state index in [1.807, 2.05) is 30.3 Å². The number of methoxy groups -OCH3 is 1. The number of nitrogens with zero attached hydrogens (tertiary/aromatic N) is 1. The van der Waals surface area contributed by atoms with Crippen LogP contribution in [0.1, 0.15) is 17.0 Å². The number of carbonyl (C=O) groups is 1. The third-order valence-electron chi connectivity index (χ3n) is 4.58. The number of ether oxygens (including phenoxy) is 2. The number of likely N-dealkylation sites (tertiary alicyclic amines) is 1. The predicted octanol–water partition coefficient (Wildman–Crippen LogP) is 2.59. The quantitative estimate of drug-likeness (QED) is 0.785. The fourth-order valence-corrected chi connectivity index (χ4v) is 3.25. The van der Waals surface area contributed by atoms with Crippen LogP contribution >= 0.6 is 12.4 Å². The Morgan fingerprint density at radius 3 is 2.46 bits per heavy atom. The molecule has 0 spiro atoms. The molecule has 5 nitrogen and oxygen atoms in total. The highest BCUT2D eigenvalue weighted by Gasteiger charge is 2.30. The van der Waals surface area contributed by atoms with Crippen LogP contribution < -0.4 is 10.5 Å². The van der Waals surface area contributed by atoms with Gasteiger partial charge < -0.3 is 15.2 Å². The number of esters is 1. The molecule has 0 unspecified atom stereocenters. The van der Waals surface area contributed by atoms with Gasteiger partial charge in [-0.1, -0.05) is 42.5 Å². The van der Waals surface area contributed by atoms with Crippen molar-refractivity contribution in [3.63, 3.8) is 0 Å². The molecule has 0 saturated carbocycles. The van der Waals surface area contributed by atoms with Crippen LogP contribution in [0.15, 0.2) is 54.6 Å². The fraction of sp³-hybridized carbons (Fsp3) is 0.350. The van der Waals surface area contributed by atoms with E-state index in [2.05, 4.69) is 33.9 Å². The van der Waals surface area contributed by atoms with Crippen molar-refractivity contribution < 1.29 is 14.3 Å². The maximum absolute atomic E-state index is 11.1. The third kappa shape index (κ3) is 5.21. The molecular formula is C20H25ClN2O3. The Hall–Kier alpha value is -2.08. The maximum atomic E-state index is 11.1. The average Bonchev–Trinajstić information content (AvgIpc) is 3.01. The minimum Gasteiger partial charge on any atom is -0.482 e. The number of benzene rings is 2. The van der Waals surface area contributed by atoms with Gasteiger partial charge in [-0.15, -0.1) is 12.4 Å². The summed E-state index contributed by atoms with van der Waals surface area (Å²) in [6, 6.07) is 18.4. The van der Waals surface area contributed by atoms with Crippen molar-refractivity contribution in [1.29, 1.82) is 0 Å². The standard InChI is InChI=1S/C20H24N2O3.ClH/c1-24-20(23)14-25-17-9-7-15(8-10-17)11-22-12-18(19(21)13-22)16-5-3-2-4-6-16;/h2-10,18-19H,11-14,21H2,1H3;1H/t18-,19+;/m0./s1. The average molecular weight is 377 g/mol. The summed E-state index contributed by atoms with van der Waals surface area (Å²) in [7, 11) is 1.35. The molecular weight excluding hydrogens is 352 g/mol. The number of hydrogen-bond acceptors (Lipinski definition) is 5. The molecule has 140 valence electrons. The Kier molecular flexibility index (Phi) is 7.45. The van der Waals surface area contributed by atoms with Crippen LogP contribution in [0.5, 0.6) is 5.75 Å². The minimum absolute atomic E-state index is 0.